The third-order valence-electron chi connectivity index (χ3n) is 4.24. The molecule has 0 bridgehead atoms. The zero-order chi connectivity index (χ0) is 19.6. The Morgan fingerprint density at radius 3 is 2.81 bits per heavy atom. The van der Waals surface area contributed by atoms with Crippen LogP contribution in [0.5, 0.6) is 5.75 Å². The Balaban J connectivity index is 1.87. The van der Waals surface area contributed by atoms with E-state index in [0.717, 1.165) is 11.0 Å². The molecule has 1 aromatic heterocycles. The molecule has 0 saturated carbocycles. The minimum atomic E-state index is -0.516. The van der Waals surface area contributed by atoms with Crippen LogP contribution >= 0.6 is 0 Å². The summed E-state index contributed by atoms with van der Waals surface area (Å²) in [5.41, 5.74) is 2.74. The molecule has 3 aromatic rings. The number of rotatable bonds is 6. The summed E-state index contributed by atoms with van der Waals surface area (Å²) in [6, 6.07) is 10.5. The number of para-hydroxylation sites is 2. The Hall–Kier alpha value is -3.68. The van der Waals surface area contributed by atoms with Crippen LogP contribution in [-0.4, -0.2) is 22.5 Å². The molecule has 0 radical (unpaired) electrons. The second-order valence-electron chi connectivity index (χ2n) is 5.97. The number of nitrogens with zero attached hydrogens (tertiary/aromatic N) is 3. The molecule has 27 heavy (non-hydrogen) atoms. The standard InChI is InChI=1S/C19H18N4O4/c1-4-21-12-22(16-8-6-5-7-15(16)21)11-19(24)20-14-10-18(27-3)17(23(25)26)9-13(14)2/h4-10,12H,1,11H2,2-3H3/p+1. The minimum Gasteiger partial charge on any atom is -0.490 e. The van der Waals surface area contributed by atoms with E-state index >= 15 is 0 Å². The number of aromatic nitrogens is 2. The number of aryl methyl sites for hydroxylation is 1. The molecule has 0 spiro atoms. The summed E-state index contributed by atoms with van der Waals surface area (Å²) >= 11 is 0. The van der Waals surface area contributed by atoms with Crippen LogP contribution in [0.2, 0.25) is 0 Å². The van der Waals surface area contributed by atoms with E-state index in [4.69, 9.17) is 4.74 Å². The van der Waals surface area contributed by atoms with Crippen LogP contribution < -0.4 is 14.6 Å². The molecule has 0 aliphatic rings. The molecule has 0 atom stereocenters. The van der Waals surface area contributed by atoms with Gasteiger partial charge in [0.05, 0.1) is 18.2 Å². The lowest BCUT2D eigenvalue weighted by Gasteiger charge is -2.10. The van der Waals surface area contributed by atoms with Gasteiger partial charge in [-0.05, 0) is 24.6 Å². The SMILES string of the molecule is C=Cn1c[n+](CC(=O)Nc2cc(OC)c([N+](=O)[O-])cc2C)c2ccccc21. The van der Waals surface area contributed by atoms with Crippen molar-refractivity contribution in [1.82, 2.24) is 4.57 Å². The van der Waals surface area contributed by atoms with Gasteiger partial charge in [-0.25, -0.2) is 9.13 Å². The summed E-state index contributed by atoms with van der Waals surface area (Å²) in [6.07, 6.45) is 3.46. The number of methoxy groups -OCH3 is 1. The topological polar surface area (TPSA) is 90.3 Å². The van der Waals surface area contributed by atoms with Gasteiger partial charge in [0, 0.05) is 17.8 Å². The summed E-state index contributed by atoms with van der Waals surface area (Å²) in [7, 11) is 1.35. The highest BCUT2D eigenvalue weighted by Crippen LogP contribution is 2.32. The van der Waals surface area contributed by atoms with Gasteiger partial charge >= 0.3 is 5.69 Å². The number of fused-ring (bicyclic) bond motifs is 1. The Labute approximate surface area is 155 Å². The first-order valence-corrected chi connectivity index (χ1v) is 8.19. The van der Waals surface area contributed by atoms with Crippen molar-refractivity contribution in [2.24, 2.45) is 0 Å². The average Bonchev–Trinajstić information content (AvgIpc) is 3.00. The summed E-state index contributed by atoms with van der Waals surface area (Å²) < 4.78 is 8.71. The fourth-order valence-corrected chi connectivity index (χ4v) is 2.93. The van der Waals surface area contributed by atoms with E-state index < -0.39 is 4.92 Å². The minimum absolute atomic E-state index is 0.0834. The fourth-order valence-electron chi connectivity index (χ4n) is 2.93. The van der Waals surface area contributed by atoms with Crippen molar-refractivity contribution in [3.05, 3.63) is 65.0 Å². The summed E-state index contributed by atoms with van der Waals surface area (Å²) in [4.78, 5) is 23.1. The molecule has 8 heteroatoms. The maximum atomic E-state index is 12.6. The predicted octanol–water partition coefficient (Wildman–Crippen LogP) is 2.89. The molecule has 0 saturated heterocycles. The number of amides is 1. The van der Waals surface area contributed by atoms with Gasteiger partial charge in [0.25, 0.3) is 5.91 Å². The third-order valence-corrected chi connectivity index (χ3v) is 4.24. The van der Waals surface area contributed by atoms with Crippen LogP contribution in [-0.2, 0) is 11.3 Å². The Morgan fingerprint density at radius 1 is 1.41 bits per heavy atom. The van der Waals surface area contributed by atoms with Gasteiger partial charge in [0.2, 0.25) is 6.33 Å². The maximum Gasteiger partial charge on any atom is 0.311 e. The van der Waals surface area contributed by atoms with Crippen molar-refractivity contribution in [2.75, 3.05) is 12.4 Å². The molecule has 1 N–H and O–H groups in total. The van der Waals surface area contributed by atoms with E-state index in [9.17, 15) is 14.9 Å². The van der Waals surface area contributed by atoms with Crippen molar-refractivity contribution >= 4 is 34.5 Å². The van der Waals surface area contributed by atoms with Gasteiger partial charge in [-0.3, -0.25) is 14.9 Å². The molecule has 1 heterocycles. The largest absolute Gasteiger partial charge is 0.490 e. The molecule has 8 nitrogen and oxygen atoms in total. The smallest absolute Gasteiger partial charge is 0.311 e. The number of benzene rings is 2. The van der Waals surface area contributed by atoms with E-state index in [-0.39, 0.29) is 23.9 Å². The number of nitro benzene ring substituents is 1. The van der Waals surface area contributed by atoms with Crippen LogP contribution in [0.1, 0.15) is 5.56 Å². The normalized spacial score (nSPS) is 10.6. The third kappa shape index (κ3) is 3.50. The number of ether oxygens (including phenoxy) is 1. The molecule has 3 rings (SSSR count). The number of imidazole rings is 1. The van der Waals surface area contributed by atoms with Crippen molar-refractivity contribution < 1.29 is 19.0 Å². The molecule has 0 aliphatic carbocycles. The van der Waals surface area contributed by atoms with Crippen LogP contribution in [0, 0.1) is 17.0 Å². The highest BCUT2D eigenvalue weighted by atomic mass is 16.6. The highest BCUT2D eigenvalue weighted by Gasteiger charge is 2.20. The van der Waals surface area contributed by atoms with E-state index in [1.54, 1.807) is 19.5 Å². The van der Waals surface area contributed by atoms with Gasteiger partial charge in [0.15, 0.2) is 23.3 Å². The Bertz CT molecular complexity index is 1060. The zero-order valence-electron chi connectivity index (χ0n) is 15.0. The van der Waals surface area contributed by atoms with E-state index in [2.05, 4.69) is 11.9 Å². The predicted molar refractivity (Wildman–Crippen MR) is 102 cm³/mol. The molecular weight excluding hydrogens is 348 g/mol. The fraction of sp³-hybridized carbons (Fsp3) is 0.158. The summed E-state index contributed by atoms with van der Waals surface area (Å²) in [5.74, 6) is -0.164. The number of hydrogen-bond donors (Lipinski definition) is 1. The van der Waals surface area contributed by atoms with Crippen LogP contribution in [0.4, 0.5) is 11.4 Å². The monoisotopic (exact) mass is 367 g/mol. The lowest BCUT2D eigenvalue weighted by Crippen LogP contribution is -2.39. The zero-order valence-corrected chi connectivity index (χ0v) is 15.0. The molecule has 2 aromatic carbocycles. The average molecular weight is 367 g/mol. The van der Waals surface area contributed by atoms with E-state index in [0.29, 0.717) is 11.3 Å². The molecule has 138 valence electrons. The number of anilines is 1. The summed E-state index contributed by atoms with van der Waals surface area (Å²) in [5, 5.41) is 13.9. The first-order chi connectivity index (χ1) is 12.9. The molecular formula is C19H19N4O4+. The maximum absolute atomic E-state index is 12.6. The number of hydrogen-bond acceptors (Lipinski definition) is 4. The lowest BCUT2D eigenvalue weighted by molar-refractivity contribution is -0.658. The second kappa shape index (κ2) is 7.28. The molecule has 1 amide bonds. The van der Waals surface area contributed by atoms with Crippen molar-refractivity contribution in [3.8, 4) is 5.75 Å². The van der Waals surface area contributed by atoms with Gasteiger partial charge in [0.1, 0.15) is 0 Å². The molecule has 0 fully saturated rings. The highest BCUT2D eigenvalue weighted by molar-refractivity contribution is 5.91. The van der Waals surface area contributed by atoms with Gasteiger partial charge in [-0.1, -0.05) is 18.7 Å². The number of carbonyl (C=O) groups is 1. The second-order valence-corrected chi connectivity index (χ2v) is 5.97. The summed E-state index contributed by atoms with van der Waals surface area (Å²) in [6.45, 7) is 5.55. The van der Waals surface area contributed by atoms with Crippen LogP contribution in [0.15, 0.2) is 49.3 Å². The number of nitrogens with one attached hydrogen (secondary N) is 1. The van der Waals surface area contributed by atoms with E-state index in [1.807, 2.05) is 33.4 Å². The molecule has 0 unspecified atom stereocenters. The van der Waals surface area contributed by atoms with Crippen LogP contribution in [0.3, 0.4) is 0 Å². The van der Waals surface area contributed by atoms with Crippen molar-refractivity contribution in [1.29, 1.82) is 0 Å². The van der Waals surface area contributed by atoms with Gasteiger partial charge in [-0.15, -0.1) is 0 Å². The Morgan fingerprint density at radius 2 is 2.15 bits per heavy atom. The van der Waals surface area contributed by atoms with Gasteiger partial charge < -0.3 is 10.1 Å². The first kappa shape index (κ1) is 18.1. The quantitative estimate of drug-likeness (QED) is 0.412. The van der Waals surface area contributed by atoms with E-state index in [1.165, 1.54) is 19.2 Å². The van der Waals surface area contributed by atoms with Gasteiger partial charge in [-0.2, -0.15) is 0 Å². The lowest BCUT2D eigenvalue weighted by atomic mass is 10.1. The molecule has 0 aliphatic heterocycles. The van der Waals surface area contributed by atoms with Crippen molar-refractivity contribution in [3.63, 3.8) is 0 Å². The number of carbonyl (C=O) groups excluding carboxylic acids is 1. The number of nitro groups is 1. The first-order valence-electron chi connectivity index (χ1n) is 8.19. The Kier molecular flexibility index (Phi) is 4.89. The van der Waals surface area contributed by atoms with Crippen molar-refractivity contribution in [2.45, 2.75) is 13.5 Å². The van der Waals surface area contributed by atoms with Crippen LogP contribution in [0.25, 0.3) is 17.2 Å².